The Morgan fingerprint density at radius 3 is 2.95 bits per heavy atom. The first-order chi connectivity index (χ1) is 10.2. The number of rotatable bonds is 2. The summed E-state index contributed by atoms with van der Waals surface area (Å²) in [7, 11) is 0. The van der Waals surface area contributed by atoms with Gasteiger partial charge in [-0.25, -0.2) is 4.98 Å². The molecule has 2 aliphatic rings. The van der Waals surface area contributed by atoms with E-state index in [0.29, 0.717) is 6.04 Å². The third kappa shape index (κ3) is 2.45. The maximum Gasteiger partial charge on any atom is 0.254 e. The number of hydrogen-bond acceptors (Lipinski definition) is 4. The summed E-state index contributed by atoms with van der Waals surface area (Å²) in [5.41, 5.74) is 3.59. The van der Waals surface area contributed by atoms with Crippen molar-refractivity contribution in [2.45, 2.75) is 31.8 Å². The zero-order valence-corrected chi connectivity index (χ0v) is 13.0. The van der Waals surface area contributed by atoms with E-state index in [4.69, 9.17) is 0 Å². The number of aromatic nitrogens is 1. The van der Waals surface area contributed by atoms with Gasteiger partial charge in [0.25, 0.3) is 5.91 Å². The van der Waals surface area contributed by atoms with E-state index in [1.165, 1.54) is 12.8 Å². The lowest BCUT2D eigenvalue weighted by Gasteiger charge is -2.40. The molecule has 1 saturated carbocycles. The highest BCUT2D eigenvalue weighted by Crippen LogP contribution is 2.29. The number of thiazole rings is 1. The van der Waals surface area contributed by atoms with Gasteiger partial charge in [-0.15, -0.1) is 11.3 Å². The molecule has 1 aromatic carbocycles. The molecule has 0 radical (unpaired) electrons. The average Bonchev–Trinajstić information content (AvgIpc) is 3.24. The largest absolute Gasteiger partial charge is 0.333 e. The van der Waals surface area contributed by atoms with Crippen LogP contribution in [0.25, 0.3) is 10.2 Å². The zero-order valence-electron chi connectivity index (χ0n) is 12.2. The number of benzene rings is 1. The maximum atomic E-state index is 12.8. The van der Waals surface area contributed by atoms with Gasteiger partial charge in [-0.05, 0) is 38.0 Å². The molecule has 1 amide bonds. The van der Waals surface area contributed by atoms with Crippen molar-refractivity contribution in [2.75, 3.05) is 19.6 Å². The Balaban J connectivity index is 1.53. The molecule has 5 heteroatoms. The molecular weight excluding hydrogens is 282 g/mol. The quantitative estimate of drug-likeness (QED) is 0.855. The van der Waals surface area contributed by atoms with Crippen molar-refractivity contribution in [3.63, 3.8) is 0 Å². The Kier molecular flexibility index (Phi) is 3.19. The Morgan fingerprint density at radius 1 is 1.33 bits per heavy atom. The van der Waals surface area contributed by atoms with E-state index in [0.717, 1.165) is 41.5 Å². The summed E-state index contributed by atoms with van der Waals surface area (Å²) in [6.45, 7) is 5.04. The van der Waals surface area contributed by atoms with Crippen molar-refractivity contribution in [2.24, 2.45) is 0 Å². The second kappa shape index (κ2) is 5.07. The second-order valence-electron chi connectivity index (χ2n) is 6.11. The molecule has 2 aromatic rings. The molecular formula is C16H19N3OS. The Morgan fingerprint density at radius 2 is 2.19 bits per heavy atom. The molecule has 4 rings (SSSR count). The van der Waals surface area contributed by atoms with E-state index < -0.39 is 0 Å². The Hall–Kier alpha value is -1.46. The van der Waals surface area contributed by atoms with Crippen molar-refractivity contribution in [1.29, 1.82) is 0 Å². The molecule has 1 aliphatic carbocycles. The molecule has 0 N–H and O–H groups in total. The van der Waals surface area contributed by atoms with Gasteiger partial charge in [-0.3, -0.25) is 9.69 Å². The van der Waals surface area contributed by atoms with Crippen molar-refractivity contribution in [3.8, 4) is 0 Å². The Labute approximate surface area is 128 Å². The predicted octanol–water partition coefficient (Wildman–Crippen LogP) is 2.61. The monoisotopic (exact) mass is 301 g/mol. The first kappa shape index (κ1) is 13.2. The highest BCUT2D eigenvalue weighted by atomic mass is 32.1. The lowest BCUT2D eigenvalue weighted by molar-refractivity contribution is 0.0474. The second-order valence-corrected chi connectivity index (χ2v) is 6.99. The van der Waals surface area contributed by atoms with E-state index >= 15 is 0 Å². The fourth-order valence-corrected chi connectivity index (χ4v) is 3.93. The molecule has 1 unspecified atom stereocenters. The highest BCUT2D eigenvalue weighted by molar-refractivity contribution is 7.16. The summed E-state index contributed by atoms with van der Waals surface area (Å²) in [6, 6.07) is 6.92. The normalized spacial score (nSPS) is 23.7. The van der Waals surface area contributed by atoms with Crippen LogP contribution in [0.1, 0.15) is 30.1 Å². The van der Waals surface area contributed by atoms with Gasteiger partial charge in [0.1, 0.15) is 0 Å². The van der Waals surface area contributed by atoms with Gasteiger partial charge in [-0.1, -0.05) is 0 Å². The molecule has 0 spiro atoms. The molecule has 1 saturated heterocycles. The van der Waals surface area contributed by atoms with Crippen LogP contribution in [0.2, 0.25) is 0 Å². The minimum atomic E-state index is 0.160. The molecule has 0 bridgehead atoms. The standard InChI is InChI=1S/C16H19N3OS/c1-11-9-18(13-3-4-13)6-7-19(11)16(20)12-2-5-14-15(8-12)21-10-17-14/h2,5,8,10-11,13H,3-4,6-7,9H2,1H3. The van der Waals surface area contributed by atoms with Crippen molar-refractivity contribution >= 4 is 27.5 Å². The van der Waals surface area contributed by atoms with Crippen LogP contribution in [0.3, 0.4) is 0 Å². The van der Waals surface area contributed by atoms with E-state index in [1.54, 1.807) is 11.3 Å². The van der Waals surface area contributed by atoms with Crippen molar-refractivity contribution in [1.82, 2.24) is 14.8 Å². The van der Waals surface area contributed by atoms with Gasteiger partial charge < -0.3 is 4.90 Å². The van der Waals surface area contributed by atoms with Crippen LogP contribution in [0, 0.1) is 0 Å². The molecule has 2 fully saturated rings. The molecule has 1 aliphatic heterocycles. The highest BCUT2D eigenvalue weighted by Gasteiger charge is 2.35. The minimum Gasteiger partial charge on any atom is -0.333 e. The van der Waals surface area contributed by atoms with Crippen LogP contribution in [-0.2, 0) is 0 Å². The summed E-state index contributed by atoms with van der Waals surface area (Å²) in [6.07, 6.45) is 2.67. The van der Waals surface area contributed by atoms with Crippen LogP contribution < -0.4 is 0 Å². The summed E-state index contributed by atoms with van der Waals surface area (Å²) < 4.78 is 1.09. The van der Waals surface area contributed by atoms with Crippen LogP contribution in [0.15, 0.2) is 23.7 Å². The van der Waals surface area contributed by atoms with E-state index in [-0.39, 0.29) is 5.91 Å². The number of hydrogen-bond donors (Lipinski definition) is 0. The fourth-order valence-electron chi connectivity index (χ4n) is 3.21. The maximum absolute atomic E-state index is 12.8. The van der Waals surface area contributed by atoms with Gasteiger partial charge >= 0.3 is 0 Å². The van der Waals surface area contributed by atoms with E-state index in [2.05, 4.69) is 16.8 Å². The number of amides is 1. The van der Waals surface area contributed by atoms with Gasteiger partial charge in [0.2, 0.25) is 0 Å². The topological polar surface area (TPSA) is 36.4 Å². The van der Waals surface area contributed by atoms with E-state index in [1.807, 2.05) is 28.6 Å². The predicted molar refractivity (Wildman–Crippen MR) is 84.7 cm³/mol. The number of piperazine rings is 1. The lowest BCUT2D eigenvalue weighted by Crippen LogP contribution is -2.54. The molecule has 21 heavy (non-hydrogen) atoms. The molecule has 4 nitrogen and oxygen atoms in total. The number of fused-ring (bicyclic) bond motifs is 1. The third-order valence-electron chi connectivity index (χ3n) is 4.56. The number of carbonyl (C=O) groups is 1. The van der Waals surface area contributed by atoms with E-state index in [9.17, 15) is 4.79 Å². The lowest BCUT2D eigenvalue weighted by atomic mass is 10.1. The van der Waals surface area contributed by atoms with Crippen molar-refractivity contribution in [3.05, 3.63) is 29.3 Å². The zero-order chi connectivity index (χ0) is 14.4. The molecule has 1 atom stereocenters. The Bertz CT molecular complexity index is 679. The minimum absolute atomic E-state index is 0.160. The molecule has 110 valence electrons. The summed E-state index contributed by atoms with van der Waals surface area (Å²) in [4.78, 5) is 21.6. The smallest absolute Gasteiger partial charge is 0.254 e. The van der Waals surface area contributed by atoms with Gasteiger partial charge in [0.15, 0.2) is 0 Å². The average molecular weight is 301 g/mol. The number of carbonyl (C=O) groups excluding carboxylic acids is 1. The molecule has 1 aromatic heterocycles. The van der Waals surface area contributed by atoms with Crippen LogP contribution in [-0.4, -0.2) is 52.4 Å². The third-order valence-corrected chi connectivity index (χ3v) is 5.35. The summed E-state index contributed by atoms with van der Waals surface area (Å²) in [5, 5.41) is 0. The SMILES string of the molecule is CC1CN(C2CC2)CCN1C(=O)c1ccc2ncsc2c1. The molecule has 2 heterocycles. The summed E-state index contributed by atoms with van der Waals surface area (Å²) in [5.74, 6) is 0.160. The first-order valence-corrected chi connectivity index (χ1v) is 8.48. The van der Waals surface area contributed by atoms with Gasteiger partial charge in [-0.2, -0.15) is 0 Å². The summed E-state index contributed by atoms with van der Waals surface area (Å²) >= 11 is 1.59. The van der Waals surface area contributed by atoms with Crippen LogP contribution >= 0.6 is 11.3 Å². The fraction of sp³-hybridized carbons (Fsp3) is 0.500. The number of nitrogens with zero attached hydrogens (tertiary/aromatic N) is 3. The van der Waals surface area contributed by atoms with Gasteiger partial charge in [0.05, 0.1) is 15.7 Å². The van der Waals surface area contributed by atoms with Crippen molar-refractivity contribution < 1.29 is 4.79 Å². The van der Waals surface area contributed by atoms with Gasteiger partial charge in [0, 0.05) is 37.3 Å². The van der Waals surface area contributed by atoms with Crippen LogP contribution in [0.5, 0.6) is 0 Å². The van der Waals surface area contributed by atoms with Crippen LogP contribution in [0.4, 0.5) is 0 Å². The first-order valence-electron chi connectivity index (χ1n) is 7.60.